The molecule has 1 aromatic carbocycles. The van der Waals surface area contributed by atoms with Crippen LogP contribution < -0.4 is 5.32 Å². The minimum absolute atomic E-state index is 0.0791. The van der Waals surface area contributed by atoms with Crippen molar-refractivity contribution in [3.05, 3.63) is 34.9 Å². The van der Waals surface area contributed by atoms with Gasteiger partial charge in [0.05, 0.1) is 6.54 Å². The molecule has 1 heterocycles. The average Bonchev–Trinajstić information content (AvgIpc) is 2.28. The standard InChI is InChI=1S/C12H13ClN2O2/c1-8-12(17)15(7-11(16)14-8)6-9-4-2-3-5-10(9)13/h2-5,8H,6-7H2,1H3,(H,14,16). The molecule has 1 aliphatic rings. The molecule has 17 heavy (non-hydrogen) atoms. The fraction of sp³-hybridized carbons (Fsp3) is 0.333. The topological polar surface area (TPSA) is 49.4 Å². The minimum Gasteiger partial charge on any atom is -0.343 e. The number of carbonyl (C=O) groups is 2. The molecule has 4 nitrogen and oxygen atoms in total. The molecule has 0 aromatic heterocycles. The molecule has 1 N–H and O–H groups in total. The van der Waals surface area contributed by atoms with Gasteiger partial charge in [-0.1, -0.05) is 29.8 Å². The van der Waals surface area contributed by atoms with Gasteiger partial charge in [-0.2, -0.15) is 0 Å². The van der Waals surface area contributed by atoms with E-state index in [2.05, 4.69) is 5.32 Å². The van der Waals surface area contributed by atoms with Crippen LogP contribution in [0.2, 0.25) is 5.02 Å². The number of amides is 2. The summed E-state index contributed by atoms with van der Waals surface area (Å²) in [5.74, 6) is -0.214. The lowest BCUT2D eigenvalue weighted by atomic mass is 10.1. The van der Waals surface area contributed by atoms with Gasteiger partial charge in [-0.3, -0.25) is 9.59 Å². The van der Waals surface area contributed by atoms with E-state index in [1.54, 1.807) is 13.0 Å². The number of halogens is 1. The molecule has 0 spiro atoms. The molecule has 1 aromatic rings. The Bertz CT molecular complexity index is 462. The molecular weight excluding hydrogens is 240 g/mol. The second-order valence-corrected chi connectivity index (χ2v) is 4.48. The predicted octanol–water partition coefficient (Wildman–Crippen LogP) is 1.19. The molecular formula is C12H13ClN2O2. The van der Waals surface area contributed by atoms with E-state index in [1.807, 2.05) is 18.2 Å². The molecule has 1 saturated heterocycles. The fourth-order valence-corrected chi connectivity index (χ4v) is 2.04. The Hall–Kier alpha value is -1.55. The van der Waals surface area contributed by atoms with E-state index in [9.17, 15) is 9.59 Å². The molecule has 5 heteroatoms. The summed E-state index contributed by atoms with van der Waals surface area (Å²) in [4.78, 5) is 24.7. The Kier molecular flexibility index (Phi) is 3.33. The van der Waals surface area contributed by atoms with Gasteiger partial charge < -0.3 is 10.2 Å². The van der Waals surface area contributed by atoms with E-state index in [-0.39, 0.29) is 18.4 Å². The van der Waals surface area contributed by atoms with Gasteiger partial charge in [0.1, 0.15) is 6.04 Å². The zero-order valence-corrected chi connectivity index (χ0v) is 10.2. The number of piperazine rings is 1. The van der Waals surface area contributed by atoms with Gasteiger partial charge in [0.2, 0.25) is 11.8 Å². The Morgan fingerprint density at radius 2 is 2.12 bits per heavy atom. The first-order valence-corrected chi connectivity index (χ1v) is 5.77. The van der Waals surface area contributed by atoms with E-state index < -0.39 is 6.04 Å². The largest absolute Gasteiger partial charge is 0.343 e. The minimum atomic E-state index is -0.460. The first kappa shape index (κ1) is 11.9. The molecule has 2 amide bonds. The summed E-state index contributed by atoms with van der Waals surface area (Å²) in [6, 6.07) is 6.86. The average molecular weight is 253 g/mol. The van der Waals surface area contributed by atoms with Gasteiger partial charge in [-0.15, -0.1) is 0 Å². The van der Waals surface area contributed by atoms with E-state index in [1.165, 1.54) is 4.90 Å². The van der Waals surface area contributed by atoms with Crippen molar-refractivity contribution in [1.82, 2.24) is 10.2 Å². The van der Waals surface area contributed by atoms with Gasteiger partial charge in [-0.05, 0) is 18.6 Å². The Balaban J connectivity index is 2.15. The smallest absolute Gasteiger partial charge is 0.245 e. The highest BCUT2D eigenvalue weighted by Crippen LogP contribution is 2.18. The number of nitrogens with one attached hydrogen (secondary N) is 1. The lowest BCUT2D eigenvalue weighted by Crippen LogP contribution is -2.56. The van der Waals surface area contributed by atoms with Crippen LogP contribution in [0.4, 0.5) is 0 Å². The third-order valence-electron chi connectivity index (χ3n) is 2.71. The predicted molar refractivity (Wildman–Crippen MR) is 64.5 cm³/mol. The van der Waals surface area contributed by atoms with Crippen LogP contribution in [0.1, 0.15) is 12.5 Å². The summed E-state index contributed by atoms with van der Waals surface area (Å²) in [6.45, 7) is 2.14. The van der Waals surface area contributed by atoms with Crippen LogP contribution in [0, 0.1) is 0 Å². The SMILES string of the molecule is CC1NC(=O)CN(Cc2ccccc2Cl)C1=O. The fourth-order valence-electron chi connectivity index (χ4n) is 1.84. The van der Waals surface area contributed by atoms with Crippen molar-refractivity contribution in [2.75, 3.05) is 6.54 Å². The third kappa shape index (κ3) is 2.58. The van der Waals surface area contributed by atoms with Crippen molar-refractivity contribution in [1.29, 1.82) is 0 Å². The van der Waals surface area contributed by atoms with Crippen LogP contribution in [0.3, 0.4) is 0 Å². The molecule has 1 atom stereocenters. The molecule has 90 valence electrons. The summed E-state index contributed by atoms with van der Waals surface area (Å²) in [6.07, 6.45) is 0. The maximum absolute atomic E-state index is 11.9. The Morgan fingerprint density at radius 1 is 1.41 bits per heavy atom. The highest BCUT2D eigenvalue weighted by atomic mass is 35.5. The number of nitrogens with zero attached hydrogens (tertiary/aromatic N) is 1. The summed E-state index contributed by atoms with van der Waals surface area (Å²) in [5, 5.41) is 3.21. The second kappa shape index (κ2) is 4.75. The third-order valence-corrected chi connectivity index (χ3v) is 3.08. The highest BCUT2D eigenvalue weighted by Gasteiger charge is 2.29. The van der Waals surface area contributed by atoms with E-state index in [4.69, 9.17) is 11.6 Å². The quantitative estimate of drug-likeness (QED) is 0.860. The van der Waals surface area contributed by atoms with E-state index >= 15 is 0 Å². The van der Waals surface area contributed by atoms with E-state index in [0.717, 1.165) is 5.56 Å². The van der Waals surface area contributed by atoms with Crippen LogP contribution in [0.25, 0.3) is 0 Å². The lowest BCUT2D eigenvalue weighted by Gasteiger charge is -2.31. The maximum Gasteiger partial charge on any atom is 0.245 e. The van der Waals surface area contributed by atoms with Gasteiger partial charge >= 0.3 is 0 Å². The first-order valence-electron chi connectivity index (χ1n) is 5.39. The number of hydrogen-bond donors (Lipinski definition) is 1. The van der Waals surface area contributed by atoms with Crippen molar-refractivity contribution in [2.45, 2.75) is 19.5 Å². The van der Waals surface area contributed by atoms with Gasteiger partial charge in [-0.25, -0.2) is 0 Å². The summed E-state index contributed by atoms with van der Waals surface area (Å²) in [7, 11) is 0. The Morgan fingerprint density at radius 3 is 2.82 bits per heavy atom. The van der Waals surface area contributed by atoms with Crippen molar-refractivity contribution in [3.63, 3.8) is 0 Å². The molecule has 1 fully saturated rings. The van der Waals surface area contributed by atoms with Crippen LogP contribution in [0.5, 0.6) is 0 Å². The number of benzene rings is 1. The Labute approximate surface area is 105 Å². The molecule has 2 rings (SSSR count). The first-order chi connectivity index (χ1) is 8.08. The summed E-state index contributed by atoms with van der Waals surface area (Å²) < 4.78 is 0. The lowest BCUT2D eigenvalue weighted by molar-refractivity contribution is -0.144. The van der Waals surface area contributed by atoms with Crippen molar-refractivity contribution < 1.29 is 9.59 Å². The number of hydrogen-bond acceptors (Lipinski definition) is 2. The molecule has 1 aliphatic heterocycles. The normalized spacial score (nSPS) is 20.4. The van der Waals surface area contributed by atoms with Crippen LogP contribution >= 0.6 is 11.6 Å². The van der Waals surface area contributed by atoms with Gasteiger partial charge in [0.25, 0.3) is 0 Å². The van der Waals surface area contributed by atoms with Crippen LogP contribution in [-0.4, -0.2) is 29.3 Å². The molecule has 0 aliphatic carbocycles. The van der Waals surface area contributed by atoms with Crippen molar-refractivity contribution in [2.24, 2.45) is 0 Å². The zero-order valence-electron chi connectivity index (χ0n) is 9.44. The molecule has 0 bridgehead atoms. The maximum atomic E-state index is 11.9. The highest BCUT2D eigenvalue weighted by molar-refractivity contribution is 6.31. The van der Waals surface area contributed by atoms with Crippen LogP contribution in [0.15, 0.2) is 24.3 Å². The zero-order chi connectivity index (χ0) is 12.4. The molecule has 0 radical (unpaired) electrons. The number of carbonyl (C=O) groups excluding carboxylic acids is 2. The van der Waals surface area contributed by atoms with E-state index in [0.29, 0.717) is 11.6 Å². The van der Waals surface area contributed by atoms with Gasteiger partial charge in [0, 0.05) is 11.6 Å². The molecule has 0 saturated carbocycles. The van der Waals surface area contributed by atoms with Crippen molar-refractivity contribution in [3.8, 4) is 0 Å². The van der Waals surface area contributed by atoms with Crippen molar-refractivity contribution >= 4 is 23.4 Å². The summed E-state index contributed by atoms with van der Waals surface area (Å²) >= 11 is 6.03. The second-order valence-electron chi connectivity index (χ2n) is 4.07. The molecule has 1 unspecified atom stereocenters. The van der Waals surface area contributed by atoms with Gasteiger partial charge in [0.15, 0.2) is 0 Å². The summed E-state index contributed by atoms with van der Waals surface area (Å²) in [5.41, 5.74) is 0.851. The number of rotatable bonds is 2. The monoisotopic (exact) mass is 252 g/mol. The van der Waals surface area contributed by atoms with Crippen LogP contribution in [-0.2, 0) is 16.1 Å².